The highest BCUT2D eigenvalue weighted by Gasteiger charge is 2.65. The predicted molar refractivity (Wildman–Crippen MR) is 155 cm³/mol. The lowest BCUT2D eigenvalue weighted by molar-refractivity contribution is -0.128. The highest BCUT2D eigenvalue weighted by molar-refractivity contribution is 6.07. The third-order valence-corrected chi connectivity index (χ3v) is 13.4. The summed E-state index contributed by atoms with van der Waals surface area (Å²) in [4.78, 5) is 26.0. The minimum Gasteiger partial charge on any atom is -0.486 e. The highest BCUT2D eigenvalue weighted by Crippen LogP contribution is 2.74. The Morgan fingerprint density at radius 1 is 0.897 bits per heavy atom. The van der Waals surface area contributed by atoms with Crippen LogP contribution in [-0.2, 0) is 14.3 Å². The molecule has 6 atom stereocenters. The van der Waals surface area contributed by atoms with E-state index in [0.717, 1.165) is 63.4 Å². The lowest BCUT2D eigenvalue weighted by atomic mass is 9.36. The molecule has 39 heavy (non-hydrogen) atoms. The lowest BCUT2D eigenvalue weighted by Gasteiger charge is -2.68. The zero-order chi connectivity index (χ0) is 28.0. The molecule has 4 fully saturated rings. The van der Waals surface area contributed by atoms with E-state index in [-0.39, 0.29) is 39.5 Å². The van der Waals surface area contributed by atoms with Crippen molar-refractivity contribution in [1.82, 2.24) is 0 Å². The second-order valence-electron chi connectivity index (χ2n) is 15.3. The number of carbonyl (C=O) groups excluding carboxylic acids is 2. The van der Waals surface area contributed by atoms with Gasteiger partial charge in [0.25, 0.3) is 0 Å². The average molecular weight is 532 g/mol. The molecule has 1 amide bonds. The first-order valence-corrected chi connectivity index (χ1v) is 15.7. The van der Waals surface area contributed by atoms with Crippen molar-refractivity contribution in [2.45, 2.75) is 125 Å². The van der Waals surface area contributed by atoms with Gasteiger partial charge in [0, 0.05) is 16.4 Å². The normalized spacial score (nSPS) is 44.2. The average Bonchev–Trinajstić information content (AvgIpc) is 3.35. The number of ether oxygens (including phenoxy) is 1. The number of primary amides is 1. The summed E-state index contributed by atoms with van der Waals surface area (Å²) in [5.41, 5.74) is 10.8. The zero-order valence-corrected chi connectivity index (χ0v) is 25.2. The van der Waals surface area contributed by atoms with Gasteiger partial charge >= 0.3 is 0 Å². The summed E-state index contributed by atoms with van der Waals surface area (Å²) in [6.45, 7) is 14.2. The van der Waals surface area contributed by atoms with Crippen LogP contribution in [0.4, 0.5) is 0 Å². The summed E-state index contributed by atoms with van der Waals surface area (Å²) in [5.74, 6) is 1.05. The Labute approximate surface area is 235 Å². The number of nitrogens with two attached hydrogens (primary N) is 1. The summed E-state index contributed by atoms with van der Waals surface area (Å²) in [5, 5.41) is 0. The highest BCUT2D eigenvalue weighted by atomic mass is 16.5. The molecule has 0 radical (unpaired) electrons. The number of carbonyl (C=O) groups is 2. The van der Waals surface area contributed by atoms with Gasteiger partial charge in [0.1, 0.15) is 0 Å². The monoisotopic (exact) mass is 531 g/mol. The topological polar surface area (TPSA) is 69.4 Å². The van der Waals surface area contributed by atoms with Crippen LogP contribution in [0.25, 0.3) is 0 Å². The van der Waals surface area contributed by atoms with Crippen molar-refractivity contribution in [2.75, 3.05) is 0 Å². The Kier molecular flexibility index (Phi) is 6.04. The number of allylic oxidation sites excluding steroid dienone is 7. The molecule has 0 aromatic rings. The van der Waals surface area contributed by atoms with Crippen LogP contribution in [0.2, 0.25) is 0 Å². The van der Waals surface area contributed by atoms with E-state index >= 15 is 0 Å². The molecule has 4 saturated carbocycles. The third kappa shape index (κ3) is 3.68. The first kappa shape index (κ1) is 27.1. The number of hydrogen-bond acceptors (Lipinski definition) is 3. The molecular weight excluding hydrogens is 482 g/mol. The van der Waals surface area contributed by atoms with Gasteiger partial charge in [-0.3, -0.25) is 9.59 Å². The predicted octanol–water partition coefficient (Wildman–Crippen LogP) is 7.89. The van der Waals surface area contributed by atoms with Crippen molar-refractivity contribution in [3.63, 3.8) is 0 Å². The molecule has 212 valence electrons. The number of rotatable bonds is 3. The molecule has 6 aliphatic rings. The van der Waals surface area contributed by atoms with Crippen LogP contribution in [0, 0.1) is 33.0 Å². The molecule has 6 aliphatic carbocycles. The maximum Gasteiger partial charge on any atom is 0.223 e. The summed E-state index contributed by atoms with van der Waals surface area (Å²) in [6, 6.07) is 0. The molecule has 0 aromatic heterocycles. The van der Waals surface area contributed by atoms with Gasteiger partial charge in [-0.2, -0.15) is 0 Å². The van der Waals surface area contributed by atoms with Gasteiger partial charge in [-0.25, -0.2) is 0 Å². The number of amides is 1. The molecule has 0 spiro atoms. The van der Waals surface area contributed by atoms with E-state index in [9.17, 15) is 9.59 Å². The van der Waals surface area contributed by atoms with Gasteiger partial charge in [-0.05, 0) is 123 Å². The standard InChI is InChI=1S/C35H49NO3/c1-22-24-11-12-28-33(4,25(24)21-26(37)29(22)39-23-9-7-8-10-23)18-20-34(5)27-13-14-32(3,30(36)38)16-15-31(27,2)17-19-35(28,34)6/h11-12,21,23,27H,7-10,13-20H2,1-6H3,(H2,36,38)/t27-,31+,32-,33-,34-,35+/m0/s1. The fourth-order valence-electron chi connectivity index (χ4n) is 10.2. The summed E-state index contributed by atoms with van der Waals surface area (Å²) in [7, 11) is 0. The van der Waals surface area contributed by atoms with Crippen molar-refractivity contribution in [1.29, 1.82) is 0 Å². The largest absolute Gasteiger partial charge is 0.486 e. The van der Waals surface area contributed by atoms with Crippen molar-refractivity contribution >= 4 is 11.7 Å². The molecule has 0 heterocycles. The first-order valence-electron chi connectivity index (χ1n) is 15.7. The van der Waals surface area contributed by atoms with E-state index in [4.69, 9.17) is 10.5 Å². The van der Waals surface area contributed by atoms with Crippen LogP contribution in [0.3, 0.4) is 0 Å². The molecule has 4 heteroatoms. The summed E-state index contributed by atoms with van der Waals surface area (Å²) < 4.78 is 6.32. The summed E-state index contributed by atoms with van der Waals surface area (Å²) >= 11 is 0. The van der Waals surface area contributed by atoms with Crippen molar-refractivity contribution in [2.24, 2.45) is 38.7 Å². The Balaban J connectivity index is 1.39. The van der Waals surface area contributed by atoms with E-state index in [2.05, 4.69) is 53.7 Å². The zero-order valence-electron chi connectivity index (χ0n) is 25.2. The van der Waals surface area contributed by atoms with Crippen LogP contribution >= 0.6 is 0 Å². The second-order valence-corrected chi connectivity index (χ2v) is 15.3. The fourth-order valence-corrected chi connectivity index (χ4v) is 10.2. The number of fused-ring (bicyclic) bond motifs is 7. The molecule has 0 saturated heterocycles. The molecule has 2 N–H and O–H groups in total. The fraction of sp³-hybridized carbons (Fsp3) is 0.714. The van der Waals surface area contributed by atoms with E-state index in [1.54, 1.807) is 0 Å². The minimum absolute atomic E-state index is 0.0435. The van der Waals surface area contributed by atoms with Crippen LogP contribution < -0.4 is 5.73 Å². The van der Waals surface area contributed by atoms with Gasteiger partial charge in [0.15, 0.2) is 5.76 Å². The van der Waals surface area contributed by atoms with Gasteiger partial charge in [-0.15, -0.1) is 0 Å². The van der Waals surface area contributed by atoms with Crippen LogP contribution in [0.5, 0.6) is 0 Å². The minimum atomic E-state index is -0.395. The maximum absolute atomic E-state index is 13.5. The van der Waals surface area contributed by atoms with E-state index in [0.29, 0.717) is 11.7 Å². The Morgan fingerprint density at radius 3 is 2.28 bits per heavy atom. The lowest BCUT2D eigenvalue weighted by Crippen LogP contribution is -2.59. The van der Waals surface area contributed by atoms with E-state index < -0.39 is 5.41 Å². The van der Waals surface area contributed by atoms with Crippen LogP contribution in [0.15, 0.2) is 46.3 Å². The first-order chi connectivity index (χ1) is 18.3. The Bertz CT molecular complexity index is 1250. The number of ketones is 1. The molecule has 6 rings (SSSR count). The van der Waals surface area contributed by atoms with Gasteiger partial charge in [0.2, 0.25) is 11.7 Å². The smallest absolute Gasteiger partial charge is 0.223 e. The third-order valence-electron chi connectivity index (χ3n) is 13.4. The molecule has 4 nitrogen and oxygen atoms in total. The quantitative estimate of drug-likeness (QED) is 0.402. The van der Waals surface area contributed by atoms with Gasteiger partial charge in [0.05, 0.1) is 6.10 Å². The van der Waals surface area contributed by atoms with Crippen molar-refractivity contribution in [3.05, 3.63) is 46.3 Å². The molecule has 0 aromatic carbocycles. The SMILES string of the molecule is CC1=C(OC2CCCC2)C(=O)C=C2C1=CC=C1[C@@]2(C)CC[C@@]2(C)[C@H]3CC[C@](C)(C(N)=O)CC[C@]3(C)CC[C@]12C. The molecule has 0 aliphatic heterocycles. The van der Waals surface area contributed by atoms with E-state index in [1.165, 1.54) is 36.0 Å². The van der Waals surface area contributed by atoms with Crippen LogP contribution in [-0.4, -0.2) is 17.8 Å². The number of hydrogen-bond donors (Lipinski definition) is 1. The Morgan fingerprint density at radius 2 is 1.59 bits per heavy atom. The maximum atomic E-state index is 13.5. The molecule has 0 bridgehead atoms. The van der Waals surface area contributed by atoms with Gasteiger partial charge < -0.3 is 10.5 Å². The molecular formula is C35H49NO3. The van der Waals surface area contributed by atoms with Gasteiger partial charge in [-0.1, -0.05) is 52.3 Å². The second kappa shape index (κ2) is 8.70. The summed E-state index contributed by atoms with van der Waals surface area (Å²) in [6.07, 6.45) is 19.8. The van der Waals surface area contributed by atoms with E-state index in [1.807, 2.05) is 6.08 Å². The van der Waals surface area contributed by atoms with Crippen molar-refractivity contribution in [3.8, 4) is 0 Å². The molecule has 0 unspecified atom stereocenters. The van der Waals surface area contributed by atoms with Crippen LogP contribution in [0.1, 0.15) is 119 Å². The Hall–Kier alpha value is -2.10. The van der Waals surface area contributed by atoms with Crippen molar-refractivity contribution < 1.29 is 14.3 Å².